The molecule has 0 N–H and O–H groups in total. The molecule has 0 aromatic heterocycles. The fourth-order valence-corrected chi connectivity index (χ4v) is 1.45. The number of rotatable bonds is 5. The van der Waals surface area contributed by atoms with Crippen molar-refractivity contribution in [3.05, 3.63) is 28.8 Å². The number of benzene rings is 1. The van der Waals surface area contributed by atoms with Gasteiger partial charge < -0.3 is 4.74 Å². The van der Waals surface area contributed by atoms with E-state index in [4.69, 9.17) is 21.6 Å². The van der Waals surface area contributed by atoms with Gasteiger partial charge in [-0.3, -0.25) is 0 Å². The van der Waals surface area contributed by atoms with E-state index in [0.29, 0.717) is 19.3 Å². The molecule has 0 aliphatic heterocycles. The Labute approximate surface area is 108 Å². The van der Waals surface area contributed by atoms with Crippen molar-refractivity contribution in [2.75, 3.05) is 6.61 Å². The summed E-state index contributed by atoms with van der Waals surface area (Å²) in [5.74, 6) is 0.0171. The molecule has 6 heteroatoms. The van der Waals surface area contributed by atoms with Gasteiger partial charge in [0.2, 0.25) is 0 Å². The van der Waals surface area contributed by atoms with E-state index >= 15 is 0 Å². The fourth-order valence-electron chi connectivity index (χ4n) is 1.28. The van der Waals surface area contributed by atoms with Crippen LogP contribution in [0.1, 0.15) is 24.8 Å². The number of hydrogen-bond donors (Lipinski definition) is 0. The molecule has 0 radical (unpaired) electrons. The second-order valence-electron chi connectivity index (χ2n) is 3.61. The molecule has 0 saturated carbocycles. The maximum absolute atomic E-state index is 12.5. The molecule has 0 atom stereocenters. The highest BCUT2D eigenvalue weighted by Crippen LogP contribution is 2.34. The van der Waals surface area contributed by atoms with E-state index in [2.05, 4.69) is 0 Å². The molecule has 0 spiro atoms. The minimum atomic E-state index is -4.41. The topological polar surface area (TPSA) is 33.0 Å². The van der Waals surface area contributed by atoms with Crippen LogP contribution >= 0.6 is 11.6 Å². The Balaban J connectivity index is 2.62. The summed E-state index contributed by atoms with van der Waals surface area (Å²) in [5, 5.41) is 8.46. The molecule has 0 aliphatic carbocycles. The number of halogens is 4. The van der Waals surface area contributed by atoms with E-state index in [1.807, 2.05) is 6.07 Å². The largest absolute Gasteiger partial charge is 0.492 e. The zero-order valence-corrected chi connectivity index (χ0v) is 10.2. The van der Waals surface area contributed by atoms with E-state index in [1.54, 1.807) is 0 Å². The Hall–Kier alpha value is -1.41. The Morgan fingerprint density at radius 3 is 2.61 bits per heavy atom. The molecule has 0 unspecified atom stereocenters. The number of hydrogen-bond acceptors (Lipinski definition) is 2. The van der Waals surface area contributed by atoms with Crippen LogP contribution in [0.15, 0.2) is 18.2 Å². The van der Waals surface area contributed by atoms with E-state index < -0.39 is 11.7 Å². The first kappa shape index (κ1) is 14.7. The molecular weight excluding hydrogens is 267 g/mol. The summed E-state index contributed by atoms with van der Waals surface area (Å²) in [7, 11) is 0. The van der Waals surface area contributed by atoms with Crippen molar-refractivity contribution in [3.8, 4) is 11.8 Å². The van der Waals surface area contributed by atoms with Crippen molar-refractivity contribution >= 4 is 11.6 Å². The third kappa shape index (κ3) is 4.46. The first-order chi connectivity index (χ1) is 8.45. The van der Waals surface area contributed by atoms with Gasteiger partial charge in [0.1, 0.15) is 5.75 Å². The summed E-state index contributed by atoms with van der Waals surface area (Å²) >= 11 is 5.74. The van der Waals surface area contributed by atoms with Crippen molar-refractivity contribution in [1.82, 2.24) is 0 Å². The number of nitriles is 1. The smallest absolute Gasteiger partial charge is 0.416 e. The Kier molecular flexibility index (Phi) is 5.29. The van der Waals surface area contributed by atoms with Gasteiger partial charge in [-0.15, -0.1) is 0 Å². The minimum Gasteiger partial charge on any atom is -0.492 e. The van der Waals surface area contributed by atoms with Crippen LogP contribution in [0.25, 0.3) is 0 Å². The van der Waals surface area contributed by atoms with Crippen LogP contribution in [0.3, 0.4) is 0 Å². The van der Waals surface area contributed by atoms with Gasteiger partial charge in [0.05, 0.1) is 23.3 Å². The van der Waals surface area contributed by atoms with Crippen LogP contribution in [-0.4, -0.2) is 6.61 Å². The van der Waals surface area contributed by atoms with E-state index in [9.17, 15) is 13.2 Å². The van der Waals surface area contributed by atoms with E-state index in [0.717, 1.165) is 18.2 Å². The summed E-state index contributed by atoms with van der Waals surface area (Å²) in [4.78, 5) is 0. The summed E-state index contributed by atoms with van der Waals surface area (Å²) in [6, 6.07) is 4.93. The van der Waals surface area contributed by atoms with Crippen LogP contribution in [0.2, 0.25) is 5.02 Å². The molecule has 0 amide bonds. The van der Waals surface area contributed by atoms with Crippen molar-refractivity contribution in [1.29, 1.82) is 5.26 Å². The zero-order chi connectivity index (χ0) is 13.6. The predicted octanol–water partition coefficient (Wildman–Crippen LogP) is 4.43. The van der Waals surface area contributed by atoms with Crippen LogP contribution in [-0.2, 0) is 6.18 Å². The SMILES string of the molecule is N#CCCCCOc1cc(C(F)(F)F)ccc1Cl. The van der Waals surface area contributed by atoms with Crippen LogP contribution < -0.4 is 4.74 Å². The molecular formula is C12H11ClF3NO. The second kappa shape index (κ2) is 6.50. The van der Waals surface area contributed by atoms with Gasteiger partial charge in [-0.25, -0.2) is 0 Å². The molecule has 1 aromatic rings. The van der Waals surface area contributed by atoms with Gasteiger partial charge >= 0.3 is 6.18 Å². The molecule has 98 valence electrons. The lowest BCUT2D eigenvalue weighted by Crippen LogP contribution is -2.06. The molecule has 0 fully saturated rings. The molecule has 0 heterocycles. The van der Waals surface area contributed by atoms with Crippen molar-refractivity contribution < 1.29 is 17.9 Å². The Morgan fingerprint density at radius 1 is 1.28 bits per heavy atom. The van der Waals surface area contributed by atoms with E-state index in [-0.39, 0.29) is 17.4 Å². The molecule has 1 rings (SSSR count). The third-order valence-electron chi connectivity index (χ3n) is 2.20. The maximum Gasteiger partial charge on any atom is 0.416 e. The summed E-state index contributed by atoms with van der Waals surface area (Å²) < 4.78 is 42.5. The molecule has 18 heavy (non-hydrogen) atoms. The van der Waals surface area contributed by atoms with Gasteiger partial charge in [-0.05, 0) is 31.0 Å². The molecule has 1 aromatic carbocycles. The number of unbranched alkanes of at least 4 members (excludes halogenated alkanes) is 2. The van der Waals surface area contributed by atoms with Crippen LogP contribution in [0.5, 0.6) is 5.75 Å². The standard InChI is InChI=1S/C12H11ClF3NO/c13-10-5-4-9(12(14,15)16)8-11(10)18-7-3-1-2-6-17/h4-5,8H,1-3,7H2. The van der Waals surface area contributed by atoms with Crippen molar-refractivity contribution in [2.24, 2.45) is 0 Å². The van der Waals surface area contributed by atoms with Crippen LogP contribution in [0.4, 0.5) is 13.2 Å². The quantitative estimate of drug-likeness (QED) is 0.746. The third-order valence-corrected chi connectivity index (χ3v) is 2.51. The zero-order valence-electron chi connectivity index (χ0n) is 9.43. The lowest BCUT2D eigenvalue weighted by molar-refractivity contribution is -0.137. The number of nitrogens with zero attached hydrogens (tertiary/aromatic N) is 1. The average Bonchev–Trinajstić information content (AvgIpc) is 2.29. The highest BCUT2D eigenvalue weighted by atomic mass is 35.5. The second-order valence-corrected chi connectivity index (χ2v) is 4.01. The Bertz CT molecular complexity index is 440. The first-order valence-corrected chi connectivity index (χ1v) is 5.69. The minimum absolute atomic E-state index is 0.0171. The summed E-state index contributed by atoms with van der Waals surface area (Å²) in [6.45, 7) is 0.239. The van der Waals surface area contributed by atoms with Gasteiger partial charge in [0.25, 0.3) is 0 Å². The summed E-state index contributed by atoms with van der Waals surface area (Å²) in [6.07, 6.45) is -2.77. The highest BCUT2D eigenvalue weighted by Gasteiger charge is 2.31. The van der Waals surface area contributed by atoms with Crippen LogP contribution in [0, 0.1) is 11.3 Å². The average molecular weight is 278 g/mol. The fraction of sp³-hybridized carbons (Fsp3) is 0.417. The highest BCUT2D eigenvalue weighted by molar-refractivity contribution is 6.32. The lowest BCUT2D eigenvalue weighted by atomic mass is 10.2. The number of alkyl halides is 3. The van der Waals surface area contributed by atoms with E-state index in [1.165, 1.54) is 0 Å². The lowest BCUT2D eigenvalue weighted by Gasteiger charge is -2.11. The first-order valence-electron chi connectivity index (χ1n) is 5.31. The maximum atomic E-state index is 12.5. The van der Waals surface area contributed by atoms with Gasteiger partial charge in [0, 0.05) is 6.42 Å². The molecule has 0 saturated heterocycles. The normalized spacial score (nSPS) is 11.1. The molecule has 0 bridgehead atoms. The monoisotopic (exact) mass is 277 g/mol. The van der Waals surface area contributed by atoms with Crippen molar-refractivity contribution in [3.63, 3.8) is 0 Å². The number of ether oxygens (including phenoxy) is 1. The van der Waals surface area contributed by atoms with Crippen molar-refractivity contribution in [2.45, 2.75) is 25.4 Å². The molecule has 0 aliphatic rings. The van der Waals surface area contributed by atoms with Gasteiger partial charge in [-0.1, -0.05) is 11.6 Å². The predicted molar refractivity (Wildman–Crippen MR) is 61.4 cm³/mol. The Morgan fingerprint density at radius 2 is 2.00 bits per heavy atom. The summed E-state index contributed by atoms with van der Waals surface area (Å²) in [5.41, 5.74) is -0.793. The molecule has 2 nitrogen and oxygen atoms in total. The van der Waals surface area contributed by atoms with Gasteiger partial charge in [0.15, 0.2) is 0 Å². The van der Waals surface area contributed by atoms with Gasteiger partial charge in [-0.2, -0.15) is 18.4 Å².